The summed E-state index contributed by atoms with van der Waals surface area (Å²) >= 11 is 3.41. The fraction of sp³-hybridized carbons (Fsp3) is 0.583. The molecule has 2 aromatic rings. The van der Waals surface area contributed by atoms with Gasteiger partial charge in [0.2, 0.25) is 41.4 Å². The van der Waals surface area contributed by atoms with Gasteiger partial charge >= 0.3 is 59.7 Å². The summed E-state index contributed by atoms with van der Waals surface area (Å²) in [6.07, 6.45) is 22.7. The summed E-state index contributed by atoms with van der Waals surface area (Å²) in [5.41, 5.74) is 16.3. The molecule has 0 saturated heterocycles. The van der Waals surface area contributed by atoms with Crippen molar-refractivity contribution < 1.29 is 171 Å². The number of unbranched alkanes of at least 4 members (excludes halogenated alkanes) is 16. The van der Waals surface area contributed by atoms with Gasteiger partial charge in [-0.15, -0.1) is 5.53 Å². The Hall–Kier alpha value is -13.7. The fourth-order valence-electron chi connectivity index (χ4n) is 12.2. The Morgan fingerprint density at radius 3 is 1.26 bits per heavy atom. The van der Waals surface area contributed by atoms with Crippen LogP contribution >= 0.6 is 15.9 Å². The molecule has 0 bridgehead atoms. The molecule has 5 unspecified atom stereocenters. The number of carbonyl (C=O) groups excluding carboxylic acids is 13. The summed E-state index contributed by atoms with van der Waals surface area (Å²) in [6, 6.07) is 8.22. The maximum absolute atomic E-state index is 12.3. The second-order valence-electron chi connectivity index (χ2n) is 32.3. The highest BCUT2D eigenvalue weighted by atomic mass is 79.9. The van der Waals surface area contributed by atoms with Gasteiger partial charge < -0.3 is 139 Å². The molecule has 8 amide bonds. The predicted molar refractivity (Wildman–Crippen MR) is 536 cm³/mol. The van der Waals surface area contributed by atoms with Crippen molar-refractivity contribution in [2.75, 3.05) is 44.8 Å². The van der Waals surface area contributed by atoms with E-state index in [0.29, 0.717) is 94.1 Å². The van der Waals surface area contributed by atoms with Crippen LogP contribution in [0.3, 0.4) is 0 Å². The number of hydrazine groups is 2. The molecular formula is C96H154BrN13O35. The van der Waals surface area contributed by atoms with E-state index in [4.69, 9.17) is 66.3 Å². The van der Waals surface area contributed by atoms with Crippen LogP contribution in [0, 0.1) is 10.8 Å². The Bertz CT molecular complexity index is 4210. The first-order valence-electron chi connectivity index (χ1n) is 45.8. The molecule has 2 heterocycles. The van der Waals surface area contributed by atoms with E-state index in [1.165, 1.54) is 71.1 Å². The number of carboxylic acids is 10. The number of nitrogens with two attached hydrogens (primary N) is 1. The third kappa shape index (κ3) is 78.5. The zero-order valence-corrected chi connectivity index (χ0v) is 82.5. The minimum atomic E-state index is -1.22. The van der Waals surface area contributed by atoms with Gasteiger partial charge in [-0.3, -0.25) is 91.9 Å². The SMILES string of the molecule is C.C.C.CC=O.CCCCCCCCCCCC(=O)NC(CCN1C=C(CC(C)(C)C(=O)O)NN1)C(=O)O.CCCCOCCOCC(=O)NCCCCCCCCCCC(N)=O.N.N=C1/C(=C2/C(=O)Nc3cc(Br)ccc32)Cc2ccccc21.O=CC(CC(=O)O)NC(=O)CCC(=O)O.O=CC(CC(=O)O)NC(=O)CCC(=O)O.O=CC(CC(=O)O)NC(=O)CCC(=O)O.O=CC(CC(=O)O)NC(=O)CCC(=O)O. The number of allylic oxidation sites excluding steroid dienone is 2. The van der Waals surface area contributed by atoms with Gasteiger partial charge in [0.05, 0.1) is 111 Å². The van der Waals surface area contributed by atoms with Gasteiger partial charge in [-0.05, 0) is 76.1 Å². The van der Waals surface area contributed by atoms with Crippen molar-refractivity contribution in [3.8, 4) is 0 Å². The average Bonchev–Trinajstić information content (AvgIpc) is 1.60. The second kappa shape index (κ2) is 88.1. The molecule has 0 radical (unpaired) electrons. The Morgan fingerprint density at radius 1 is 0.490 bits per heavy atom. The number of aliphatic carboxylic acids is 10. The number of amides is 8. The van der Waals surface area contributed by atoms with Crippen molar-refractivity contribution in [2.24, 2.45) is 11.1 Å². The first-order valence-corrected chi connectivity index (χ1v) is 46.6. The zero-order valence-electron chi connectivity index (χ0n) is 80.9. The second-order valence-corrected chi connectivity index (χ2v) is 33.3. The number of rotatable bonds is 65. The molecule has 0 saturated carbocycles. The molecule has 0 spiro atoms. The molecule has 3 aliphatic rings. The monoisotopic (exact) mass is 2130 g/mol. The van der Waals surface area contributed by atoms with Crippen LogP contribution < -0.4 is 60.1 Å². The number of nitrogens with zero attached hydrogens (tertiary/aromatic N) is 1. The predicted octanol–water partition coefficient (Wildman–Crippen LogP) is 8.56. The number of anilines is 1. The van der Waals surface area contributed by atoms with Gasteiger partial charge in [-0.25, -0.2) is 4.79 Å². The number of hydrogen-bond acceptors (Lipinski definition) is 30. The molecule has 2 aliphatic heterocycles. The number of carboxylic acid groups (broad SMARTS) is 10. The molecule has 5 atom stereocenters. The van der Waals surface area contributed by atoms with Crippen LogP contribution in [0.2, 0.25) is 0 Å². The first kappa shape index (κ1) is 144. The van der Waals surface area contributed by atoms with Crippen molar-refractivity contribution in [2.45, 2.75) is 318 Å². The summed E-state index contributed by atoms with van der Waals surface area (Å²) in [6.45, 7) is 12.0. The van der Waals surface area contributed by atoms with Crippen molar-refractivity contribution >= 4 is 171 Å². The Labute approximate surface area is 852 Å². The third-order valence-electron chi connectivity index (χ3n) is 19.5. The summed E-state index contributed by atoms with van der Waals surface area (Å²) in [5.74, 6) is -14.6. The lowest BCUT2D eigenvalue weighted by Gasteiger charge is -2.19. The van der Waals surface area contributed by atoms with Gasteiger partial charge in [0.25, 0.3) is 5.91 Å². The molecule has 820 valence electrons. The number of aldehydes is 5. The van der Waals surface area contributed by atoms with Crippen LogP contribution in [-0.4, -0.2) is 270 Å². The quantitative estimate of drug-likeness (QED) is 0.0167. The number of carbonyl (C=O) groups is 23. The van der Waals surface area contributed by atoms with E-state index in [2.05, 4.69) is 78.0 Å². The topological polar surface area (TPSA) is 810 Å². The van der Waals surface area contributed by atoms with Gasteiger partial charge in [-0.1, -0.05) is 179 Å². The molecule has 2 aromatic carbocycles. The number of halogens is 1. The highest BCUT2D eigenvalue weighted by molar-refractivity contribution is 9.10. The summed E-state index contributed by atoms with van der Waals surface area (Å²) in [5, 5.41) is 112. The largest absolute Gasteiger partial charge is 0.481 e. The molecule has 0 fully saturated rings. The molecule has 145 heavy (non-hydrogen) atoms. The van der Waals surface area contributed by atoms with Gasteiger partial charge in [0.15, 0.2) is 0 Å². The lowest BCUT2D eigenvalue weighted by molar-refractivity contribution is -0.147. The molecule has 1 aliphatic carbocycles. The van der Waals surface area contributed by atoms with Crippen LogP contribution in [-0.2, 0) is 126 Å². The smallest absolute Gasteiger partial charge is 0.326 e. The number of ether oxygens (including phenoxy) is 2. The Kier molecular flexibility index (Phi) is 87.6. The maximum atomic E-state index is 12.3. The van der Waals surface area contributed by atoms with E-state index < -0.39 is 145 Å². The molecule has 25 N–H and O–H groups in total. The van der Waals surface area contributed by atoms with Crippen molar-refractivity contribution in [1.29, 1.82) is 5.41 Å². The summed E-state index contributed by atoms with van der Waals surface area (Å²) in [4.78, 5) is 245. The summed E-state index contributed by atoms with van der Waals surface area (Å²) < 4.78 is 11.6. The van der Waals surface area contributed by atoms with Crippen molar-refractivity contribution in [3.63, 3.8) is 0 Å². The van der Waals surface area contributed by atoms with Crippen LogP contribution in [0.15, 0.2) is 64.4 Å². The molecular weight excluding hydrogens is 1980 g/mol. The third-order valence-corrected chi connectivity index (χ3v) is 20.0. The maximum Gasteiger partial charge on any atom is 0.326 e. The van der Waals surface area contributed by atoms with E-state index in [1.54, 1.807) is 25.1 Å². The summed E-state index contributed by atoms with van der Waals surface area (Å²) in [7, 11) is 0. The lowest BCUT2D eigenvalue weighted by Crippen LogP contribution is -2.44. The lowest BCUT2D eigenvalue weighted by atomic mass is 9.88. The van der Waals surface area contributed by atoms with E-state index in [-0.39, 0.29) is 116 Å². The molecule has 0 aromatic heterocycles. The van der Waals surface area contributed by atoms with E-state index in [1.807, 2.05) is 42.5 Å². The van der Waals surface area contributed by atoms with E-state index in [9.17, 15) is 116 Å². The van der Waals surface area contributed by atoms with Gasteiger partial charge in [0.1, 0.15) is 44.1 Å². The fourth-order valence-corrected chi connectivity index (χ4v) is 12.6. The highest BCUT2D eigenvalue weighted by Gasteiger charge is 2.34. The van der Waals surface area contributed by atoms with E-state index in [0.717, 1.165) is 103 Å². The van der Waals surface area contributed by atoms with Crippen LogP contribution in [0.5, 0.6) is 0 Å². The number of benzene rings is 2. The van der Waals surface area contributed by atoms with Gasteiger partial charge in [-0.2, -0.15) is 0 Å². The number of hydrogen-bond donors (Lipinski definition) is 22. The number of primary amides is 1. The standard InChI is InChI=1S/C23H42N4O5.C19H38N2O4.C17H11BrN2O.4C8H11NO6.C2H4O.3CH4.H3N/c1-4-5-6-7-8-9-10-11-12-13-20(28)24-19(21(29)30)14-15-27-17-18(25-26-27)16-23(2,3)22(31)32;1-2-3-14-24-15-16-25-17-19(23)21-13-11-9-7-5-4-6-8-10-12-18(20)22;18-10-5-6-12-14(8-10)20-17(21)15(12)13-7-9-3-1-2-4-11(9)16(13)19;4*10-4-5(3-8(14)15)9-6(11)1-2-7(12)13;1-2-3;;;;/h17,19,25-26H,4-16H2,1-3H3,(H,24,28)(H,29,30)(H,31,32);2-17H2,1H3,(H2,20,22)(H,21,23);1-6,8,19H,7H2,(H,20,21);4*4-5H,1-3H2,(H,9,11)(H,12,13)(H,14,15);2H,1H3;3*1H4;1H3/b;;15-13+,19-16?;;;;;;;;;. The number of nitrogens with one attached hydrogen (secondary N) is 10. The molecule has 48 nitrogen and oxygen atoms in total. The first-order chi connectivity index (χ1) is 66.7. The average molecular weight is 2130 g/mol. The minimum absolute atomic E-state index is 0. The van der Waals surface area contributed by atoms with Crippen LogP contribution in [0.1, 0.15) is 298 Å². The van der Waals surface area contributed by atoms with Gasteiger partial charge in [0, 0.05) is 98.6 Å². The minimum Gasteiger partial charge on any atom is -0.481 e. The number of fused-ring (bicyclic) bond motifs is 2. The normalized spacial score (nSPS) is 12.7. The Balaban J connectivity index is -0.000000310. The van der Waals surface area contributed by atoms with Crippen LogP contribution in [0.4, 0.5) is 5.69 Å². The van der Waals surface area contributed by atoms with Crippen molar-refractivity contribution in [1.82, 2.24) is 54.0 Å². The molecule has 49 heteroatoms. The zero-order chi connectivity index (χ0) is 107. The Morgan fingerprint density at radius 2 is 0.876 bits per heavy atom. The molecule has 5 rings (SSSR count). The van der Waals surface area contributed by atoms with Crippen LogP contribution in [0.25, 0.3) is 5.57 Å². The van der Waals surface area contributed by atoms with E-state index >= 15 is 0 Å². The van der Waals surface area contributed by atoms with Crippen molar-refractivity contribution in [3.05, 3.63) is 81.1 Å². The highest BCUT2D eigenvalue weighted by Crippen LogP contribution is 2.40.